The second-order valence-electron chi connectivity index (χ2n) is 4.32. The van der Waals surface area contributed by atoms with E-state index in [0.717, 1.165) is 0 Å². The van der Waals surface area contributed by atoms with Crippen LogP contribution in [-0.4, -0.2) is 16.2 Å². The number of aliphatic hydroxyl groups is 1. The summed E-state index contributed by atoms with van der Waals surface area (Å²) in [6.45, 7) is 1.84. The molecule has 0 heterocycles. The zero-order valence-corrected chi connectivity index (χ0v) is 10.4. The fourth-order valence-electron chi connectivity index (χ4n) is 1.82. The molecule has 1 rings (SSSR count). The van der Waals surface area contributed by atoms with Crippen molar-refractivity contribution in [1.82, 2.24) is 0 Å². The largest absolute Gasteiger partial charge is 0.481 e. The third kappa shape index (κ3) is 3.70. The molecule has 0 saturated carbocycles. The average molecular weight is 276 g/mol. The highest BCUT2D eigenvalue weighted by atomic mass is 19.2. The molecular weight excluding hydrogens is 261 g/mol. The quantitative estimate of drug-likeness (QED) is 0.785. The molecule has 0 aliphatic heterocycles. The van der Waals surface area contributed by atoms with E-state index >= 15 is 0 Å². The molecule has 1 aromatic rings. The molecule has 0 aliphatic carbocycles. The number of aliphatic hydroxyl groups excluding tert-OH is 1. The Morgan fingerprint density at radius 2 is 1.79 bits per heavy atom. The fraction of sp³-hybridized carbons (Fsp3) is 0.462. The molecule has 0 aromatic heterocycles. The van der Waals surface area contributed by atoms with E-state index < -0.39 is 41.0 Å². The first kappa shape index (κ1) is 15.5. The second-order valence-corrected chi connectivity index (χ2v) is 4.32. The maximum Gasteiger partial charge on any atom is 0.309 e. The lowest BCUT2D eigenvalue weighted by atomic mass is 9.91. The molecule has 0 amide bonds. The summed E-state index contributed by atoms with van der Waals surface area (Å²) in [5.74, 6) is -6.41. The van der Waals surface area contributed by atoms with Gasteiger partial charge in [0, 0.05) is 11.6 Å². The summed E-state index contributed by atoms with van der Waals surface area (Å²) < 4.78 is 39.3. The molecule has 0 spiro atoms. The maximum absolute atomic E-state index is 13.5. The number of benzene rings is 1. The van der Waals surface area contributed by atoms with Crippen LogP contribution in [-0.2, 0) is 4.79 Å². The molecule has 0 saturated heterocycles. The number of hydrogen-bond donors (Lipinski definition) is 2. The Balaban J connectivity index is 3.05. The van der Waals surface area contributed by atoms with E-state index in [-0.39, 0.29) is 6.42 Å². The molecule has 6 heteroatoms. The van der Waals surface area contributed by atoms with E-state index in [1.165, 1.54) is 0 Å². The van der Waals surface area contributed by atoms with Crippen molar-refractivity contribution in [3.63, 3.8) is 0 Å². The van der Waals surface area contributed by atoms with Crippen molar-refractivity contribution in [2.24, 2.45) is 5.92 Å². The molecule has 2 atom stereocenters. The SMILES string of the molecule is CCCCC(C(=O)O)C(O)c1cc(F)c(F)cc1F. The van der Waals surface area contributed by atoms with E-state index in [1.54, 1.807) is 0 Å². The minimum absolute atomic E-state index is 0.130. The van der Waals surface area contributed by atoms with Crippen LogP contribution in [0, 0.1) is 23.4 Å². The van der Waals surface area contributed by atoms with Crippen molar-refractivity contribution >= 4 is 5.97 Å². The highest BCUT2D eigenvalue weighted by Crippen LogP contribution is 2.29. The van der Waals surface area contributed by atoms with Crippen LogP contribution in [0.5, 0.6) is 0 Å². The third-order valence-corrected chi connectivity index (χ3v) is 2.93. The maximum atomic E-state index is 13.5. The number of unbranched alkanes of at least 4 members (excludes halogenated alkanes) is 1. The van der Waals surface area contributed by atoms with Gasteiger partial charge in [0.2, 0.25) is 0 Å². The van der Waals surface area contributed by atoms with Gasteiger partial charge in [0.25, 0.3) is 0 Å². The number of halogens is 3. The Kier molecular flexibility index (Phi) is 5.35. The minimum Gasteiger partial charge on any atom is -0.481 e. The lowest BCUT2D eigenvalue weighted by Crippen LogP contribution is -2.23. The van der Waals surface area contributed by atoms with Gasteiger partial charge in [-0.05, 0) is 12.5 Å². The van der Waals surface area contributed by atoms with Crippen LogP contribution >= 0.6 is 0 Å². The summed E-state index contributed by atoms with van der Waals surface area (Å²) in [7, 11) is 0. The number of hydrogen-bond acceptors (Lipinski definition) is 2. The first-order valence-corrected chi connectivity index (χ1v) is 5.93. The number of carbonyl (C=O) groups is 1. The molecule has 0 radical (unpaired) electrons. The molecule has 19 heavy (non-hydrogen) atoms. The van der Waals surface area contributed by atoms with Gasteiger partial charge < -0.3 is 10.2 Å². The smallest absolute Gasteiger partial charge is 0.309 e. The minimum atomic E-state index is -1.71. The molecule has 0 aliphatic rings. The van der Waals surface area contributed by atoms with Gasteiger partial charge in [-0.1, -0.05) is 19.8 Å². The Hall–Kier alpha value is -1.56. The third-order valence-electron chi connectivity index (χ3n) is 2.93. The standard InChI is InChI=1S/C13H15F3O3/c1-2-3-4-7(13(18)19)12(17)8-5-10(15)11(16)6-9(8)14/h5-7,12,17H,2-4H2,1H3,(H,18,19). The summed E-state index contributed by atoms with van der Waals surface area (Å²) in [5.41, 5.74) is -0.539. The molecule has 0 bridgehead atoms. The van der Waals surface area contributed by atoms with Crippen LogP contribution in [0.1, 0.15) is 37.9 Å². The van der Waals surface area contributed by atoms with Gasteiger partial charge in [0.05, 0.1) is 12.0 Å². The van der Waals surface area contributed by atoms with Crippen LogP contribution in [0.15, 0.2) is 12.1 Å². The van der Waals surface area contributed by atoms with Gasteiger partial charge in [-0.15, -0.1) is 0 Å². The topological polar surface area (TPSA) is 57.5 Å². The highest BCUT2D eigenvalue weighted by molar-refractivity contribution is 5.71. The molecule has 2 unspecified atom stereocenters. The molecule has 1 aromatic carbocycles. The number of aliphatic carboxylic acids is 1. The van der Waals surface area contributed by atoms with E-state index in [4.69, 9.17) is 5.11 Å². The zero-order valence-electron chi connectivity index (χ0n) is 10.4. The van der Waals surface area contributed by atoms with Crippen LogP contribution in [0.2, 0.25) is 0 Å². The van der Waals surface area contributed by atoms with Crippen LogP contribution in [0.25, 0.3) is 0 Å². The van der Waals surface area contributed by atoms with Crippen molar-refractivity contribution in [1.29, 1.82) is 0 Å². The first-order chi connectivity index (χ1) is 8.88. The van der Waals surface area contributed by atoms with Crippen molar-refractivity contribution in [2.45, 2.75) is 32.3 Å². The molecule has 106 valence electrons. The number of carboxylic acid groups (broad SMARTS) is 1. The number of carboxylic acids is 1. The average Bonchev–Trinajstić information content (AvgIpc) is 2.33. The summed E-state index contributed by atoms with van der Waals surface area (Å²) in [6, 6.07) is 0.795. The molecule has 2 N–H and O–H groups in total. The van der Waals surface area contributed by atoms with Crippen molar-refractivity contribution < 1.29 is 28.2 Å². The predicted octanol–water partition coefficient (Wildman–Crippen LogP) is 3.03. The Morgan fingerprint density at radius 3 is 2.32 bits per heavy atom. The second kappa shape index (κ2) is 6.56. The lowest BCUT2D eigenvalue weighted by molar-refractivity contribution is -0.146. The number of rotatable bonds is 6. The van der Waals surface area contributed by atoms with Gasteiger partial charge in [-0.2, -0.15) is 0 Å². The Morgan fingerprint density at radius 1 is 1.21 bits per heavy atom. The van der Waals surface area contributed by atoms with Gasteiger partial charge in [0.15, 0.2) is 11.6 Å². The van der Waals surface area contributed by atoms with Crippen molar-refractivity contribution in [3.8, 4) is 0 Å². The van der Waals surface area contributed by atoms with Crippen LogP contribution in [0.4, 0.5) is 13.2 Å². The monoisotopic (exact) mass is 276 g/mol. The predicted molar refractivity (Wildman–Crippen MR) is 61.9 cm³/mol. The Bertz CT molecular complexity index is 463. The first-order valence-electron chi connectivity index (χ1n) is 5.93. The summed E-state index contributed by atoms with van der Waals surface area (Å²) >= 11 is 0. The van der Waals surface area contributed by atoms with E-state index in [9.17, 15) is 23.1 Å². The van der Waals surface area contributed by atoms with E-state index in [2.05, 4.69) is 0 Å². The lowest BCUT2D eigenvalue weighted by Gasteiger charge is -2.20. The van der Waals surface area contributed by atoms with Crippen molar-refractivity contribution in [2.75, 3.05) is 0 Å². The molecule has 0 fully saturated rings. The summed E-state index contributed by atoms with van der Waals surface area (Å²) in [6.07, 6.45) is -0.347. The van der Waals surface area contributed by atoms with Gasteiger partial charge in [-0.3, -0.25) is 4.79 Å². The Labute approximate surface area is 108 Å². The van der Waals surface area contributed by atoms with Crippen LogP contribution in [0.3, 0.4) is 0 Å². The summed E-state index contributed by atoms with van der Waals surface area (Å²) in [4.78, 5) is 11.0. The molecular formula is C13H15F3O3. The van der Waals surface area contributed by atoms with Crippen LogP contribution < -0.4 is 0 Å². The zero-order chi connectivity index (χ0) is 14.6. The van der Waals surface area contributed by atoms with E-state index in [1.807, 2.05) is 6.92 Å². The summed E-state index contributed by atoms with van der Waals surface area (Å²) in [5, 5.41) is 18.9. The van der Waals surface area contributed by atoms with Gasteiger partial charge in [0.1, 0.15) is 5.82 Å². The fourth-order valence-corrected chi connectivity index (χ4v) is 1.82. The normalized spacial score (nSPS) is 14.2. The molecule has 3 nitrogen and oxygen atoms in total. The van der Waals surface area contributed by atoms with E-state index in [0.29, 0.717) is 25.0 Å². The van der Waals surface area contributed by atoms with Gasteiger partial charge >= 0.3 is 5.97 Å². The van der Waals surface area contributed by atoms with Crippen molar-refractivity contribution in [3.05, 3.63) is 35.1 Å². The van der Waals surface area contributed by atoms with Gasteiger partial charge in [-0.25, -0.2) is 13.2 Å². The highest BCUT2D eigenvalue weighted by Gasteiger charge is 2.30.